The summed E-state index contributed by atoms with van der Waals surface area (Å²) >= 11 is 0. The van der Waals surface area contributed by atoms with Crippen molar-refractivity contribution in [1.82, 2.24) is 0 Å². The van der Waals surface area contributed by atoms with Crippen LogP contribution in [0.1, 0.15) is 141 Å². The minimum absolute atomic E-state index is 0.0750. The van der Waals surface area contributed by atoms with Crippen molar-refractivity contribution in [3.63, 3.8) is 0 Å². The molecule has 10 rings (SSSR count). The van der Waals surface area contributed by atoms with Gasteiger partial charge in [0.1, 0.15) is 103 Å². The number of carboxylic acid groups (broad SMARTS) is 1. The van der Waals surface area contributed by atoms with E-state index in [-0.39, 0.29) is 24.7 Å². The zero-order chi connectivity index (χ0) is 67.8. The summed E-state index contributed by atoms with van der Waals surface area (Å²) in [5.74, 6) is -4.28. The first-order valence-electron chi connectivity index (χ1n) is 32.8. The van der Waals surface area contributed by atoms with Gasteiger partial charge < -0.3 is 124 Å². The first-order valence-corrected chi connectivity index (χ1v) is 32.8. The van der Waals surface area contributed by atoms with Gasteiger partial charge in [0.25, 0.3) is 0 Å². The summed E-state index contributed by atoms with van der Waals surface area (Å²) in [6.45, 7) is 21.0. The van der Waals surface area contributed by atoms with Crippen LogP contribution < -0.4 is 0 Å². The number of allylic oxidation sites excluding steroid dienone is 1. The van der Waals surface area contributed by atoms with E-state index in [1.165, 1.54) is 6.92 Å². The van der Waals surface area contributed by atoms with E-state index in [1.807, 2.05) is 34.6 Å². The van der Waals surface area contributed by atoms with E-state index in [0.29, 0.717) is 50.5 Å². The van der Waals surface area contributed by atoms with Crippen molar-refractivity contribution in [2.24, 2.45) is 56.2 Å². The number of carboxylic acids is 1. The molecule has 0 aromatic carbocycles. The van der Waals surface area contributed by atoms with Crippen LogP contribution in [0.25, 0.3) is 0 Å². The fourth-order valence-corrected chi connectivity index (χ4v) is 19.2. The van der Waals surface area contributed by atoms with Gasteiger partial charge in [0.2, 0.25) is 0 Å². The molecule has 5 saturated heterocycles. The van der Waals surface area contributed by atoms with Gasteiger partial charge in [0.15, 0.2) is 37.6 Å². The van der Waals surface area contributed by atoms with Crippen molar-refractivity contribution in [1.29, 1.82) is 0 Å². The first kappa shape index (κ1) is 72.0. The highest BCUT2D eigenvalue weighted by Gasteiger charge is 2.86. The zero-order valence-electron chi connectivity index (χ0n) is 54.6. The van der Waals surface area contributed by atoms with Crippen molar-refractivity contribution >= 4 is 17.9 Å². The molecule has 0 amide bonds. The van der Waals surface area contributed by atoms with Crippen molar-refractivity contribution in [2.75, 3.05) is 13.2 Å². The number of hydrogen-bond donors (Lipinski definition) is 14. The van der Waals surface area contributed by atoms with Gasteiger partial charge >= 0.3 is 17.9 Å². The van der Waals surface area contributed by atoms with E-state index < -0.39 is 235 Å². The molecule has 28 heteroatoms. The summed E-state index contributed by atoms with van der Waals surface area (Å²) in [5.41, 5.74) is -6.05. The molecule has 28 nitrogen and oxygen atoms in total. The fraction of sp³-hybridized carbons (Fsp3) is 0.922. The number of ether oxygens (including phenoxy) is 11. The third-order valence-corrected chi connectivity index (χ3v) is 25.0. The van der Waals surface area contributed by atoms with Gasteiger partial charge in [0.05, 0.1) is 43.0 Å². The standard InChI is InChI=1S/C64H102O28/c1-13-25(3)51(79)85-34-22-62(12)61(11)19-15-30-59(8,9)33(17-18-60(30,10)31(61)16-20-63(62)32-21-58(6,7)48(76)49(64(32,34)57(81)92-63)91-52(80)26(4)14-2)86-56-47(90-54-42(74)39(71)36(68)28(23-65)83-54)44(43(75)45(88-56)50(77)78)87-55-46(40(72)37(69)29(24-66)84-55)89-53-41(73)38(70)35(67)27(5)82-53/h14,25,27-49,53-57,65-76,81H,13,15-24H2,1-12H3,(H,77,78)/b26-14+/t25-,27+,28+,29+,30+,31+,32-,33-,34-,35-,36-,37-,38+,39+,40+,41+,42+,43-,44+,45-,46-,47+,48+,49+,53-,54+,55+,56-,57-,60-,61-,62+,63-,64+/m1/s1. The molecule has 526 valence electrons. The lowest BCUT2D eigenvalue weighted by Crippen LogP contribution is -2.77. The van der Waals surface area contributed by atoms with Gasteiger partial charge in [-0.15, -0.1) is 0 Å². The summed E-state index contributed by atoms with van der Waals surface area (Å²) < 4.78 is 69.7. The molecule has 0 aromatic heterocycles. The predicted octanol–water partition coefficient (Wildman–Crippen LogP) is -0.857. The van der Waals surface area contributed by atoms with Gasteiger partial charge in [-0.25, -0.2) is 9.59 Å². The largest absolute Gasteiger partial charge is 0.479 e. The second-order valence-corrected chi connectivity index (χ2v) is 30.4. The Kier molecular flexibility index (Phi) is 20.2. The number of carbonyl (C=O) groups is 3. The molecule has 10 fully saturated rings. The quantitative estimate of drug-likeness (QED) is 0.0508. The van der Waals surface area contributed by atoms with Crippen molar-refractivity contribution in [3.05, 3.63) is 11.6 Å². The summed E-state index contributed by atoms with van der Waals surface area (Å²) in [7, 11) is 0. The second kappa shape index (κ2) is 25.8. The van der Waals surface area contributed by atoms with Crippen LogP contribution in [0.4, 0.5) is 0 Å². The minimum atomic E-state index is -2.30. The molecular formula is C64H102O28. The van der Waals surface area contributed by atoms with Crippen LogP contribution >= 0.6 is 0 Å². The highest BCUT2D eigenvalue weighted by molar-refractivity contribution is 5.87. The predicted molar refractivity (Wildman–Crippen MR) is 312 cm³/mol. The van der Waals surface area contributed by atoms with Crippen LogP contribution in [0.5, 0.6) is 0 Å². The lowest BCUT2D eigenvalue weighted by atomic mass is 9.30. The van der Waals surface area contributed by atoms with Gasteiger partial charge in [-0.2, -0.15) is 0 Å². The molecule has 5 heterocycles. The molecule has 1 spiro atoms. The number of fused-ring (bicyclic) bond motifs is 4. The SMILES string of the molecule is C/C=C(\C)C(=O)O[C@H]1[C@H](O)C(C)(C)C[C@H]2[C@@]13[C@H](O)O[C@]21CC[C@H]2[C@]4(C)CC[C@@H](O[C@@H]5O[C@@H](C(=O)O)[C@H](O)[C@H](O[C@@H]6O[C@@H](CO)[C@@H](O)[C@H](O)[C@H]6O[C@H]6O[C@@H](C)[C@@H](O)[C@H](O)[C@@H]6O)[C@@H]5O[C@@H]5O[C@@H](CO)[C@@H](O)[C@H](O)[C@@H]5O)C(C)(C)[C@@H]4CC[C@@]2(C)[C@]1(C)C[C@H]3OC(=O)[C@H](C)CC. The van der Waals surface area contributed by atoms with Gasteiger partial charge in [-0.1, -0.05) is 68.4 Å². The molecule has 0 unspecified atom stereocenters. The molecule has 10 aliphatic rings. The Morgan fingerprint density at radius 3 is 1.77 bits per heavy atom. The Morgan fingerprint density at radius 2 is 1.16 bits per heavy atom. The molecule has 5 aliphatic carbocycles. The molecule has 2 bridgehead atoms. The van der Waals surface area contributed by atoms with Crippen molar-refractivity contribution < 1.29 is 138 Å². The molecule has 14 N–H and O–H groups in total. The second-order valence-electron chi connectivity index (χ2n) is 30.4. The maximum atomic E-state index is 14.3. The Hall–Kier alpha value is -2.73. The average Bonchev–Trinajstić information content (AvgIpc) is 1.37. The molecule has 92 heavy (non-hydrogen) atoms. The number of aliphatic hydroxyl groups is 13. The first-order chi connectivity index (χ1) is 42.9. The van der Waals surface area contributed by atoms with Crippen molar-refractivity contribution in [2.45, 2.75) is 300 Å². The molecule has 34 atom stereocenters. The smallest absolute Gasteiger partial charge is 0.335 e. The lowest BCUT2D eigenvalue weighted by molar-refractivity contribution is -0.406. The minimum Gasteiger partial charge on any atom is -0.479 e. The number of aliphatic carboxylic acids is 1. The maximum Gasteiger partial charge on any atom is 0.335 e. The van der Waals surface area contributed by atoms with E-state index in [0.717, 1.165) is 0 Å². The summed E-state index contributed by atoms with van der Waals surface area (Å²) in [6, 6.07) is 0. The Labute approximate surface area is 535 Å². The molecular weight excluding hydrogens is 1220 g/mol. The Morgan fingerprint density at radius 1 is 0.598 bits per heavy atom. The van der Waals surface area contributed by atoms with Crippen LogP contribution in [-0.4, -0.2) is 262 Å². The van der Waals surface area contributed by atoms with E-state index in [2.05, 4.69) is 20.8 Å². The van der Waals surface area contributed by atoms with Crippen LogP contribution in [0.3, 0.4) is 0 Å². The number of rotatable bonds is 16. The van der Waals surface area contributed by atoms with Crippen LogP contribution in [0, 0.1) is 56.2 Å². The number of aliphatic hydroxyl groups excluding tert-OH is 13. The van der Waals surface area contributed by atoms with Gasteiger partial charge in [-0.3, -0.25) is 4.79 Å². The van der Waals surface area contributed by atoms with Crippen LogP contribution in [0.2, 0.25) is 0 Å². The Balaban J connectivity index is 0.996. The molecule has 5 saturated carbocycles. The number of carbonyl (C=O) groups excluding carboxylic acids is 2. The van der Waals surface area contributed by atoms with Crippen molar-refractivity contribution in [3.8, 4) is 0 Å². The van der Waals surface area contributed by atoms with Crippen LogP contribution in [0.15, 0.2) is 11.6 Å². The molecule has 5 aliphatic heterocycles. The Bertz CT molecular complexity index is 2700. The highest BCUT2D eigenvalue weighted by atomic mass is 16.8. The fourth-order valence-electron chi connectivity index (χ4n) is 19.2. The van der Waals surface area contributed by atoms with E-state index in [4.69, 9.17) is 52.1 Å². The van der Waals surface area contributed by atoms with Gasteiger partial charge in [-0.05, 0) is 112 Å². The number of esters is 2. The van der Waals surface area contributed by atoms with Crippen LogP contribution in [-0.2, 0) is 66.5 Å². The topological polar surface area (TPSA) is 436 Å². The summed E-state index contributed by atoms with van der Waals surface area (Å²) in [4.78, 5) is 41.6. The maximum absolute atomic E-state index is 14.3. The molecule has 0 radical (unpaired) electrons. The average molecular weight is 1320 g/mol. The van der Waals surface area contributed by atoms with Gasteiger partial charge in [0, 0.05) is 16.9 Å². The third-order valence-electron chi connectivity index (χ3n) is 25.0. The molecule has 0 aromatic rings. The third kappa shape index (κ3) is 11.1. The van der Waals surface area contributed by atoms with E-state index >= 15 is 0 Å². The monoisotopic (exact) mass is 1320 g/mol. The number of hydrogen-bond acceptors (Lipinski definition) is 27. The summed E-state index contributed by atoms with van der Waals surface area (Å²) in [6.07, 6.45) is -38.9. The van der Waals surface area contributed by atoms with E-state index in [1.54, 1.807) is 26.8 Å². The zero-order valence-corrected chi connectivity index (χ0v) is 54.6. The highest BCUT2D eigenvalue weighted by Crippen LogP contribution is 2.82. The lowest BCUT2D eigenvalue weighted by Gasteiger charge is -2.75. The van der Waals surface area contributed by atoms with E-state index in [9.17, 15) is 85.9 Å². The summed E-state index contributed by atoms with van der Waals surface area (Å²) in [5, 5.41) is 157. The normalized spacial score (nSPS) is 52.5.